The number of amides is 2. The van der Waals surface area contributed by atoms with Gasteiger partial charge in [-0.3, -0.25) is 9.59 Å². The number of carbonyl (C=O) groups is 2. The molecule has 2 heterocycles. The molecule has 0 saturated carbocycles. The molecule has 0 unspecified atom stereocenters. The summed E-state index contributed by atoms with van der Waals surface area (Å²) < 4.78 is 10.5. The average molecular weight is 443 g/mol. The second-order valence-corrected chi connectivity index (χ2v) is 7.80. The van der Waals surface area contributed by atoms with Crippen molar-refractivity contribution in [2.24, 2.45) is 0 Å². The van der Waals surface area contributed by atoms with Gasteiger partial charge in [0.2, 0.25) is 0 Å². The van der Waals surface area contributed by atoms with E-state index in [1.54, 1.807) is 42.3 Å². The van der Waals surface area contributed by atoms with Crippen molar-refractivity contribution in [3.05, 3.63) is 58.4 Å². The van der Waals surface area contributed by atoms with Gasteiger partial charge in [-0.1, -0.05) is 11.6 Å². The van der Waals surface area contributed by atoms with Gasteiger partial charge in [0.25, 0.3) is 11.8 Å². The Hall–Kier alpha value is -2.94. The van der Waals surface area contributed by atoms with Crippen molar-refractivity contribution in [3.63, 3.8) is 0 Å². The molecule has 1 fully saturated rings. The molecule has 9 heteroatoms. The third-order valence-electron chi connectivity index (χ3n) is 5.17. The summed E-state index contributed by atoms with van der Waals surface area (Å²) in [5.74, 6) is 0.236. The highest BCUT2D eigenvalue weighted by Crippen LogP contribution is 2.24. The number of morpholine rings is 1. The van der Waals surface area contributed by atoms with E-state index in [1.807, 2.05) is 13.0 Å². The molecule has 8 nitrogen and oxygen atoms in total. The van der Waals surface area contributed by atoms with Gasteiger partial charge in [-0.15, -0.1) is 0 Å². The summed E-state index contributed by atoms with van der Waals surface area (Å²) in [6.45, 7) is 3.19. The number of hydrogen-bond donors (Lipinski definition) is 2. The number of halogens is 1. The Morgan fingerprint density at radius 2 is 2.19 bits per heavy atom. The number of anilines is 1. The van der Waals surface area contributed by atoms with Gasteiger partial charge in [0.05, 0.1) is 24.2 Å². The molecule has 1 aromatic heterocycles. The Labute approximate surface area is 184 Å². The molecule has 0 bridgehead atoms. The Morgan fingerprint density at radius 3 is 2.94 bits per heavy atom. The number of hydrogen-bond acceptors (Lipinski definition) is 5. The zero-order valence-electron chi connectivity index (χ0n) is 17.3. The minimum atomic E-state index is -0.468. The third kappa shape index (κ3) is 4.56. The number of methoxy groups -OCH3 is 1. The van der Waals surface area contributed by atoms with Crippen molar-refractivity contribution < 1.29 is 19.1 Å². The number of nitrogens with one attached hydrogen (secondary N) is 2. The molecule has 0 spiro atoms. The molecule has 0 radical (unpaired) electrons. The summed E-state index contributed by atoms with van der Waals surface area (Å²) >= 11 is 6.05. The first-order valence-corrected chi connectivity index (χ1v) is 10.3. The monoisotopic (exact) mass is 442 g/mol. The molecular formula is C22H23ClN4O4. The lowest BCUT2D eigenvalue weighted by Crippen LogP contribution is -2.42. The number of benzene rings is 2. The molecule has 2 amide bonds. The predicted molar refractivity (Wildman–Crippen MR) is 118 cm³/mol. The zero-order valence-corrected chi connectivity index (χ0v) is 18.0. The van der Waals surface area contributed by atoms with Crippen LogP contribution in [0.2, 0.25) is 5.02 Å². The molecule has 1 aliphatic heterocycles. The summed E-state index contributed by atoms with van der Waals surface area (Å²) in [5, 5.41) is 3.57. The average Bonchev–Trinajstić information content (AvgIpc) is 3.17. The standard InChI is InChI=1S/C22H23ClN4O4/c1-13-9-14(3-6-19(13)27-7-8-31-12-20(27)28)22(29)26-18(11-30-2)21-24-16-5-4-15(23)10-17(16)25-21/h3-6,9-10,18H,7-8,11-12H2,1-2H3,(H,24,25)(H,26,29)/t18-/m0/s1. The second kappa shape index (κ2) is 9.05. The van der Waals surface area contributed by atoms with Crippen molar-refractivity contribution in [3.8, 4) is 0 Å². The number of rotatable bonds is 6. The molecule has 1 atom stereocenters. The van der Waals surface area contributed by atoms with Crippen LogP contribution in [0.3, 0.4) is 0 Å². The van der Waals surface area contributed by atoms with Crippen LogP contribution in [-0.2, 0) is 14.3 Å². The summed E-state index contributed by atoms with van der Waals surface area (Å²) in [5.41, 5.74) is 3.65. The fourth-order valence-electron chi connectivity index (χ4n) is 3.64. The lowest BCUT2D eigenvalue weighted by atomic mass is 10.1. The van der Waals surface area contributed by atoms with Gasteiger partial charge >= 0.3 is 0 Å². The molecule has 4 rings (SSSR count). The fourth-order valence-corrected chi connectivity index (χ4v) is 3.81. The zero-order chi connectivity index (χ0) is 22.0. The summed E-state index contributed by atoms with van der Waals surface area (Å²) in [4.78, 5) is 34.5. The van der Waals surface area contributed by atoms with Crippen LogP contribution in [0.15, 0.2) is 36.4 Å². The topological polar surface area (TPSA) is 96.6 Å². The number of nitrogens with zero attached hydrogens (tertiary/aromatic N) is 2. The largest absolute Gasteiger partial charge is 0.382 e. The Kier molecular flexibility index (Phi) is 6.22. The highest BCUT2D eigenvalue weighted by Gasteiger charge is 2.23. The van der Waals surface area contributed by atoms with E-state index in [-0.39, 0.29) is 25.0 Å². The van der Waals surface area contributed by atoms with Crippen molar-refractivity contribution in [1.29, 1.82) is 0 Å². The van der Waals surface area contributed by atoms with E-state index in [0.717, 1.165) is 22.3 Å². The smallest absolute Gasteiger partial charge is 0.253 e. The van der Waals surface area contributed by atoms with Crippen molar-refractivity contribution in [2.75, 3.05) is 38.4 Å². The van der Waals surface area contributed by atoms with Crippen LogP contribution in [0.25, 0.3) is 11.0 Å². The van der Waals surface area contributed by atoms with Crippen molar-refractivity contribution >= 4 is 40.1 Å². The molecule has 1 aliphatic rings. The van der Waals surface area contributed by atoms with E-state index in [1.165, 1.54) is 0 Å². The number of aryl methyl sites for hydroxylation is 1. The number of fused-ring (bicyclic) bond motifs is 1. The quantitative estimate of drug-likeness (QED) is 0.611. The van der Waals surface area contributed by atoms with Crippen LogP contribution in [0.4, 0.5) is 5.69 Å². The molecule has 31 heavy (non-hydrogen) atoms. The lowest BCUT2D eigenvalue weighted by molar-refractivity contribution is -0.125. The van der Waals surface area contributed by atoms with E-state index < -0.39 is 6.04 Å². The van der Waals surface area contributed by atoms with Gasteiger partial charge in [0.15, 0.2) is 0 Å². The lowest BCUT2D eigenvalue weighted by Gasteiger charge is -2.28. The number of H-pyrrole nitrogens is 1. The second-order valence-electron chi connectivity index (χ2n) is 7.36. The van der Waals surface area contributed by atoms with Gasteiger partial charge in [0, 0.05) is 29.9 Å². The van der Waals surface area contributed by atoms with Crippen LogP contribution < -0.4 is 10.2 Å². The van der Waals surface area contributed by atoms with Crippen LogP contribution >= 0.6 is 11.6 Å². The summed E-state index contributed by atoms with van der Waals surface area (Å²) in [7, 11) is 1.57. The van der Waals surface area contributed by atoms with Gasteiger partial charge in [0.1, 0.15) is 18.5 Å². The fraction of sp³-hybridized carbons (Fsp3) is 0.318. The van der Waals surface area contributed by atoms with E-state index in [9.17, 15) is 9.59 Å². The van der Waals surface area contributed by atoms with Gasteiger partial charge in [-0.05, 0) is 48.9 Å². The highest BCUT2D eigenvalue weighted by atomic mass is 35.5. The molecule has 2 aromatic carbocycles. The minimum Gasteiger partial charge on any atom is -0.382 e. The Morgan fingerprint density at radius 1 is 1.35 bits per heavy atom. The number of aromatic nitrogens is 2. The van der Waals surface area contributed by atoms with Crippen LogP contribution in [-0.4, -0.2) is 55.3 Å². The third-order valence-corrected chi connectivity index (χ3v) is 5.40. The first-order chi connectivity index (χ1) is 15.0. The minimum absolute atomic E-state index is 0.0725. The molecular weight excluding hydrogens is 420 g/mol. The molecule has 3 aromatic rings. The SMILES string of the molecule is COC[C@H](NC(=O)c1ccc(N2CCOCC2=O)c(C)c1)c1nc2ccc(Cl)cc2[nH]1. The maximum atomic E-state index is 12.9. The summed E-state index contributed by atoms with van der Waals surface area (Å²) in [6, 6.07) is 10.2. The number of aromatic amines is 1. The van der Waals surface area contributed by atoms with Gasteiger partial charge in [-0.25, -0.2) is 4.98 Å². The molecule has 0 aliphatic carbocycles. The van der Waals surface area contributed by atoms with Gasteiger partial charge < -0.3 is 24.7 Å². The van der Waals surface area contributed by atoms with Crippen molar-refractivity contribution in [1.82, 2.24) is 15.3 Å². The summed E-state index contributed by atoms with van der Waals surface area (Å²) in [6.07, 6.45) is 0. The van der Waals surface area contributed by atoms with Crippen LogP contribution in [0.5, 0.6) is 0 Å². The normalized spacial score (nSPS) is 15.3. The first-order valence-electron chi connectivity index (χ1n) is 9.90. The van der Waals surface area contributed by atoms with Gasteiger partial charge in [-0.2, -0.15) is 0 Å². The number of carbonyl (C=O) groups excluding carboxylic acids is 2. The van der Waals surface area contributed by atoms with E-state index in [2.05, 4.69) is 15.3 Å². The Balaban J connectivity index is 1.54. The van der Waals surface area contributed by atoms with E-state index in [0.29, 0.717) is 29.6 Å². The highest BCUT2D eigenvalue weighted by molar-refractivity contribution is 6.31. The maximum absolute atomic E-state index is 12.9. The molecule has 1 saturated heterocycles. The molecule has 2 N–H and O–H groups in total. The van der Waals surface area contributed by atoms with Crippen molar-refractivity contribution in [2.45, 2.75) is 13.0 Å². The van der Waals surface area contributed by atoms with E-state index >= 15 is 0 Å². The Bertz CT molecular complexity index is 1130. The van der Waals surface area contributed by atoms with Crippen LogP contribution in [0.1, 0.15) is 27.8 Å². The van der Waals surface area contributed by atoms with Crippen LogP contribution in [0, 0.1) is 6.92 Å². The number of imidazole rings is 1. The maximum Gasteiger partial charge on any atom is 0.253 e. The predicted octanol–water partition coefficient (Wildman–Crippen LogP) is 3.01. The first kappa shape index (κ1) is 21.3. The number of ether oxygens (including phenoxy) is 2. The van der Waals surface area contributed by atoms with E-state index in [4.69, 9.17) is 21.1 Å². The molecule has 162 valence electrons.